The molecule has 0 radical (unpaired) electrons. The highest BCUT2D eigenvalue weighted by Crippen LogP contribution is 2.39. The highest BCUT2D eigenvalue weighted by Gasteiger charge is 2.31. The van der Waals surface area contributed by atoms with Crippen molar-refractivity contribution >= 4 is 29.0 Å². The number of carbonyl (C=O) groups excluding carboxylic acids is 2. The zero-order chi connectivity index (χ0) is 25.9. The zero-order valence-electron chi connectivity index (χ0n) is 18.4. The summed E-state index contributed by atoms with van der Waals surface area (Å²) in [6.07, 6.45) is -3.56. The molecule has 1 heterocycles. The number of Topliss-reactive ketones (excluding diaryl/α,β-unsaturated/α-hetero) is 1. The largest absolute Gasteiger partial charge is 0.573 e. The van der Waals surface area contributed by atoms with Gasteiger partial charge in [0, 0.05) is 36.0 Å². The van der Waals surface area contributed by atoms with Crippen LogP contribution in [-0.4, -0.2) is 30.1 Å². The third kappa shape index (κ3) is 6.38. The molecular weight excluding hydrogens is 496 g/mol. The molecule has 3 rings (SSSR count). The minimum Gasteiger partial charge on any atom is -0.493 e. The maximum absolute atomic E-state index is 14.8. The second kappa shape index (κ2) is 10.2. The standard InChI is InChI=1S/C23H17ClF4N2O5/c1-11-10-29-17(12(2)31)9-16(11)30-22(32)21-15(25)6-13(24)7-20(21)34-18-5-4-14(8-19(18)33-3)35-23(26,27)28/h4-10H,1-3H3,(H,29,30,32). The first-order valence-corrected chi connectivity index (χ1v) is 10.2. The Bertz CT molecular complexity index is 1300. The molecule has 0 aliphatic rings. The molecule has 35 heavy (non-hydrogen) atoms. The fraction of sp³-hybridized carbons (Fsp3) is 0.174. The molecule has 0 bridgehead atoms. The van der Waals surface area contributed by atoms with E-state index >= 15 is 0 Å². The van der Waals surface area contributed by atoms with Crippen molar-refractivity contribution in [1.29, 1.82) is 0 Å². The van der Waals surface area contributed by atoms with Gasteiger partial charge in [0.1, 0.15) is 28.6 Å². The number of ketones is 1. The number of nitrogens with one attached hydrogen (secondary N) is 1. The van der Waals surface area contributed by atoms with Crippen molar-refractivity contribution in [3.8, 4) is 23.0 Å². The summed E-state index contributed by atoms with van der Waals surface area (Å²) in [5, 5.41) is 2.39. The number of ether oxygens (including phenoxy) is 3. The Balaban J connectivity index is 1.98. The number of hydrogen-bond acceptors (Lipinski definition) is 6. The lowest BCUT2D eigenvalue weighted by Gasteiger charge is -2.16. The number of nitrogens with zero attached hydrogens (tertiary/aromatic N) is 1. The van der Waals surface area contributed by atoms with Gasteiger partial charge in [-0.3, -0.25) is 14.6 Å². The second-order valence-electron chi connectivity index (χ2n) is 7.12. The monoisotopic (exact) mass is 512 g/mol. The molecule has 1 amide bonds. The summed E-state index contributed by atoms with van der Waals surface area (Å²) in [6.45, 7) is 2.92. The van der Waals surface area contributed by atoms with Gasteiger partial charge in [0.2, 0.25) is 0 Å². The van der Waals surface area contributed by atoms with Crippen molar-refractivity contribution in [2.75, 3.05) is 12.4 Å². The Morgan fingerprint density at radius 3 is 2.40 bits per heavy atom. The molecule has 0 saturated heterocycles. The Kier molecular flexibility index (Phi) is 7.49. The van der Waals surface area contributed by atoms with Gasteiger partial charge < -0.3 is 19.5 Å². The normalized spacial score (nSPS) is 11.1. The maximum Gasteiger partial charge on any atom is 0.573 e. The SMILES string of the molecule is COc1cc(OC(F)(F)F)ccc1Oc1cc(Cl)cc(F)c1C(=O)Nc1cc(C(C)=O)ncc1C. The molecule has 1 N–H and O–H groups in total. The van der Waals surface area contributed by atoms with E-state index in [0.29, 0.717) is 5.56 Å². The first kappa shape index (κ1) is 25.8. The van der Waals surface area contributed by atoms with Crippen LogP contribution in [0, 0.1) is 12.7 Å². The lowest BCUT2D eigenvalue weighted by Crippen LogP contribution is -2.17. The molecule has 0 saturated carbocycles. The molecule has 0 atom stereocenters. The van der Waals surface area contributed by atoms with Crippen LogP contribution in [0.15, 0.2) is 42.6 Å². The van der Waals surface area contributed by atoms with Crippen LogP contribution in [0.1, 0.15) is 33.3 Å². The van der Waals surface area contributed by atoms with Crippen LogP contribution in [0.4, 0.5) is 23.2 Å². The Morgan fingerprint density at radius 2 is 1.77 bits per heavy atom. The fourth-order valence-corrected chi connectivity index (χ4v) is 3.13. The average Bonchev–Trinajstić information content (AvgIpc) is 2.74. The highest BCUT2D eigenvalue weighted by molar-refractivity contribution is 6.31. The predicted molar refractivity (Wildman–Crippen MR) is 118 cm³/mol. The summed E-state index contributed by atoms with van der Waals surface area (Å²) in [6, 6.07) is 6.34. The average molecular weight is 513 g/mol. The van der Waals surface area contributed by atoms with Gasteiger partial charge in [-0.1, -0.05) is 11.6 Å². The Labute approximate surface area is 201 Å². The lowest BCUT2D eigenvalue weighted by molar-refractivity contribution is -0.274. The van der Waals surface area contributed by atoms with Crippen molar-refractivity contribution in [2.45, 2.75) is 20.2 Å². The van der Waals surface area contributed by atoms with Crippen LogP contribution < -0.4 is 19.5 Å². The number of anilines is 1. The molecule has 0 aliphatic heterocycles. The van der Waals surface area contributed by atoms with Crippen LogP contribution in [0.3, 0.4) is 0 Å². The number of aryl methyl sites for hydroxylation is 1. The lowest BCUT2D eigenvalue weighted by atomic mass is 10.1. The van der Waals surface area contributed by atoms with E-state index in [1.165, 1.54) is 26.3 Å². The topological polar surface area (TPSA) is 86.8 Å². The van der Waals surface area contributed by atoms with Crippen LogP contribution in [0.2, 0.25) is 5.02 Å². The summed E-state index contributed by atoms with van der Waals surface area (Å²) in [5.41, 5.74) is 0.251. The number of halogens is 5. The Morgan fingerprint density at radius 1 is 1.06 bits per heavy atom. The first-order chi connectivity index (χ1) is 16.4. The van der Waals surface area contributed by atoms with E-state index in [-0.39, 0.29) is 39.4 Å². The number of carbonyl (C=O) groups is 2. The van der Waals surface area contributed by atoms with Crippen LogP contribution in [0.5, 0.6) is 23.0 Å². The summed E-state index contributed by atoms with van der Waals surface area (Å²) in [7, 11) is 1.17. The number of hydrogen-bond donors (Lipinski definition) is 1. The molecule has 184 valence electrons. The molecular formula is C23H17ClF4N2O5. The maximum atomic E-state index is 14.8. The minimum absolute atomic E-state index is 0.0878. The van der Waals surface area contributed by atoms with E-state index in [4.69, 9.17) is 21.1 Å². The Hall–Kier alpha value is -3.86. The molecule has 0 aliphatic carbocycles. The van der Waals surface area contributed by atoms with Crippen molar-refractivity contribution in [1.82, 2.24) is 4.98 Å². The smallest absolute Gasteiger partial charge is 0.493 e. The third-order valence-corrected chi connectivity index (χ3v) is 4.76. The van der Waals surface area contributed by atoms with E-state index < -0.39 is 29.4 Å². The molecule has 12 heteroatoms. The van der Waals surface area contributed by atoms with Crippen LogP contribution in [-0.2, 0) is 0 Å². The van der Waals surface area contributed by atoms with Crippen molar-refractivity contribution in [3.63, 3.8) is 0 Å². The van der Waals surface area contributed by atoms with E-state index in [9.17, 15) is 27.2 Å². The molecule has 7 nitrogen and oxygen atoms in total. The van der Waals surface area contributed by atoms with Gasteiger partial charge in [-0.15, -0.1) is 13.2 Å². The highest BCUT2D eigenvalue weighted by atomic mass is 35.5. The van der Waals surface area contributed by atoms with Crippen LogP contribution in [0.25, 0.3) is 0 Å². The van der Waals surface area contributed by atoms with Gasteiger partial charge in [0.25, 0.3) is 5.91 Å². The number of pyridine rings is 1. The number of amides is 1. The van der Waals surface area contributed by atoms with Gasteiger partial charge in [-0.2, -0.15) is 0 Å². The van der Waals surface area contributed by atoms with E-state index in [1.54, 1.807) is 6.92 Å². The van der Waals surface area contributed by atoms with Crippen LogP contribution >= 0.6 is 11.6 Å². The summed E-state index contributed by atoms with van der Waals surface area (Å²) in [5.74, 6) is -3.55. The molecule has 1 aromatic heterocycles. The molecule has 0 spiro atoms. The van der Waals surface area contributed by atoms with Gasteiger partial charge in [-0.05, 0) is 36.8 Å². The minimum atomic E-state index is -4.93. The number of alkyl halides is 3. The van der Waals surface area contributed by atoms with Gasteiger partial charge in [0.15, 0.2) is 17.3 Å². The van der Waals surface area contributed by atoms with Gasteiger partial charge in [-0.25, -0.2) is 4.39 Å². The fourth-order valence-electron chi connectivity index (χ4n) is 2.93. The van der Waals surface area contributed by atoms with Crippen molar-refractivity contribution in [3.05, 3.63) is 70.3 Å². The summed E-state index contributed by atoms with van der Waals surface area (Å²) in [4.78, 5) is 28.6. The first-order valence-electron chi connectivity index (χ1n) is 9.77. The van der Waals surface area contributed by atoms with Crippen molar-refractivity contribution < 1.29 is 41.4 Å². The van der Waals surface area contributed by atoms with Gasteiger partial charge in [0.05, 0.1) is 7.11 Å². The predicted octanol–water partition coefficient (Wildman–Crippen LogP) is 6.34. The zero-order valence-corrected chi connectivity index (χ0v) is 19.2. The van der Waals surface area contributed by atoms with Gasteiger partial charge >= 0.3 is 6.36 Å². The second-order valence-corrected chi connectivity index (χ2v) is 7.55. The van der Waals surface area contributed by atoms with E-state index in [2.05, 4.69) is 15.0 Å². The number of rotatable bonds is 7. The summed E-state index contributed by atoms with van der Waals surface area (Å²) < 4.78 is 66.9. The number of methoxy groups -OCH3 is 1. The third-order valence-electron chi connectivity index (χ3n) is 4.55. The number of benzene rings is 2. The molecule has 2 aromatic carbocycles. The molecule has 3 aromatic rings. The molecule has 0 fully saturated rings. The molecule has 0 unspecified atom stereocenters. The van der Waals surface area contributed by atoms with E-state index in [1.807, 2.05) is 0 Å². The van der Waals surface area contributed by atoms with E-state index in [0.717, 1.165) is 30.3 Å². The quantitative estimate of drug-likeness (QED) is 0.294. The summed E-state index contributed by atoms with van der Waals surface area (Å²) >= 11 is 5.93. The number of aromatic nitrogens is 1. The van der Waals surface area contributed by atoms with Crippen molar-refractivity contribution in [2.24, 2.45) is 0 Å².